The van der Waals surface area contributed by atoms with Crippen LogP contribution in [0.2, 0.25) is 0 Å². The molecule has 0 fully saturated rings. The lowest BCUT2D eigenvalue weighted by Gasteiger charge is -2.27. The second-order valence-electron chi connectivity index (χ2n) is 5.72. The van der Waals surface area contributed by atoms with Crippen LogP contribution in [0.15, 0.2) is 0 Å². The predicted octanol–water partition coefficient (Wildman–Crippen LogP) is 0.193. The van der Waals surface area contributed by atoms with Crippen molar-refractivity contribution in [3.8, 4) is 0 Å². The lowest BCUT2D eigenvalue weighted by atomic mass is 10.1. The number of carbonyl (C=O) groups is 1. The van der Waals surface area contributed by atoms with Gasteiger partial charge in [-0.25, -0.2) is 0 Å². The summed E-state index contributed by atoms with van der Waals surface area (Å²) in [5.74, 6) is -0.000382. The first-order chi connectivity index (χ1) is 8.23. The van der Waals surface area contributed by atoms with Crippen molar-refractivity contribution in [3.63, 3.8) is 0 Å². The summed E-state index contributed by atoms with van der Waals surface area (Å²) in [5.41, 5.74) is -0.880. The zero-order chi connectivity index (χ0) is 14.2. The minimum absolute atomic E-state index is 0.000382. The van der Waals surface area contributed by atoms with E-state index in [0.29, 0.717) is 25.6 Å². The minimum Gasteiger partial charge on any atom is -0.387 e. The van der Waals surface area contributed by atoms with Gasteiger partial charge in [-0.05, 0) is 34.0 Å². The molecule has 18 heavy (non-hydrogen) atoms. The molecule has 1 amide bonds. The van der Waals surface area contributed by atoms with Gasteiger partial charge in [0.25, 0.3) is 0 Å². The molecule has 0 rings (SSSR count). The van der Waals surface area contributed by atoms with E-state index in [1.165, 1.54) is 0 Å². The van der Waals surface area contributed by atoms with E-state index in [1.54, 1.807) is 6.92 Å². The van der Waals surface area contributed by atoms with Gasteiger partial charge in [-0.3, -0.25) is 4.79 Å². The van der Waals surface area contributed by atoms with E-state index in [0.717, 1.165) is 13.0 Å². The van der Waals surface area contributed by atoms with Crippen LogP contribution in [-0.2, 0) is 4.79 Å². The summed E-state index contributed by atoms with van der Waals surface area (Å²) in [4.78, 5) is 13.5. The summed E-state index contributed by atoms with van der Waals surface area (Å²) < 4.78 is 0. The molecule has 0 aliphatic carbocycles. The first-order valence-electron chi connectivity index (χ1n) is 6.60. The molecule has 0 aliphatic heterocycles. The Morgan fingerprint density at radius 2 is 2.00 bits per heavy atom. The maximum Gasteiger partial charge on any atom is 0.220 e. The topological polar surface area (TPSA) is 64.6 Å². The van der Waals surface area contributed by atoms with Gasteiger partial charge in [0.2, 0.25) is 5.91 Å². The van der Waals surface area contributed by atoms with Crippen LogP contribution in [-0.4, -0.2) is 61.3 Å². The Morgan fingerprint density at radius 3 is 2.50 bits per heavy atom. The smallest absolute Gasteiger partial charge is 0.220 e. The summed E-state index contributed by atoms with van der Waals surface area (Å²) in [6, 6.07) is 0.453. The fourth-order valence-electron chi connectivity index (χ4n) is 1.75. The number of likely N-dealkylation sites (N-methyl/N-ethyl adjacent to an activating group) is 1. The van der Waals surface area contributed by atoms with E-state index in [4.69, 9.17) is 0 Å². The van der Waals surface area contributed by atoms with Crippen molar-refractivity contribution in [2.75, 3.05) is 33.7 Å². The summed E-state index contributed by atoms with van der Waals surface area (Å²) in [5, 5.41) is 16.0. The van der Waals surface area contributed by atoms with E-state index in [-0.39, 0.29) is 5.91 Å². The largest absolute Gasteiger partial charge is 0.387 e. The summed E-state index contributed by atoms with van der Waals surface area (Å²) in [7, 11) is 3.79. The van der Waals surface area contributed by atoms with Crippen LogP contribution in [0.25, 0.3) is 0 Å². The summed E-state index contributed by atoms with van der Waals surface area (Å²) >= 11 is 0. The van der Waals surface area contributed by atoms with Crippen molar-refractivity contribution >= 4 is 5.91 Å². The Hall–Kier alpha value is -0.650. The molecule has 0 saturated heterocycles. The molecule has 1 unspecified atom stereocenters. The number of aliphatic hydroxyl groups is 1. The quantitative estimate of drug-likeness (QED) is 0.517. The average Bonchev–Trinajstić information content (AvgIpc) is 2.19. The van der Waals surface area contributed by atoms with Crippen molar-refractivity contribution in [3.05, 3.63) is 0 Å². The maximum absolute atomic E-state index is 11.6. The van der Waals surface area contributed by atoms with Gasteiger partial charge in [-0.15, -0.1) is 0 Å². The van der Waals surface area contributed by atoms with Gasteiger partial charge in [-0.2, -0.15) is 0 Å². The van der Waals surface area contributed by atoms with Crippen molar-refractivity contribution in [2.24, 2.45) is 0 Å². The van der Waals surface area contributed by atoms with Gasteiger partial charge < -0.3 is 20.6 Å². The van der Waals surface area contributed by atoms with E-state index in [1.807, 2.05) is 19.0 Å². The highest BCUT2D eigenvalue weighted by molar-refractivity contribution is 5.75. The standard InChI is InChI=1S/C13H29N3O2/c1-11(2)14-8-6-7-12(17)15-9-13(3,18)10-16(4)5/h11,14,18H,6-10H2,1-5H3,(H,15,17). The average molecular weight is 259 g/mol. The molecule has 5 heteroatoms. The Bertz CT molecular complexity index is 240. The van der Waals surface area contributed by atoms with E-state index < -0.39 is 5.60 Å². The Morgan fingerprint density at radius 1 is 1.39 bits per heavy atom. The molecule has 0 heterocycles. The Kier molecular flexibility index (Phi) is 8.15. The molecule has 0 bridgehead atoms. The molecular formula is C13H29N3O2. The number of amides is 1. The fourth-order valence-corrected chi connectivity index (χ4v) is 1.75. The maximum atomic E-state index is 11.6. The zero-order valence-corrected chi connectivity index (χ0v) is 12.4. The second-order valence-corrected chi connectivity index (χ2v) is 5.72. The zero-order valence-electron chi connectivity index (χ0n) is 12.4. The highest BCUT2D eigenvalue weighted by Gasteiger charge is 2.21. The third-order valence-corrected chi connectivity index (χ3v) is 2.46. The van der Waals surface area contributed by atoms with Gasteiger partial charge in [0.05, 0.1) is 5.60 Å². The van der Waals surface area contributed by atoms with Crippen LogP contribution >= 0.6 is 0 Å². The van der Waals surface area contributed by atoms with Gasteiger partial charge in [0, 0.05) is 25.6 Å². The van der Waals surface area contributed by atoms with Crippen LogP contribution in [0.1, 0.15) is 33.6 Å². The third kappa shape index (κ3) is 10.5. The van der Waals surface area contributed by atoms with Gasteiger partial charge in [0.1, 0.15) is 0 Å². The molecule has 1 atom stereocenters. The molecular weight excluding hydrogens is 230 g/mol. The van der Waals surface area contributed by atoms with Gasteiger partial charge >= 0.3 is 0 Å². The SMILES string of the molecule is CC(C)NCCCC(=O)NCC(C)(O)CN(C)C. The molecule has 0 spiro atoms. The first kappa shape index (κ1) is 17.4. The molecule has 0 aromatic rings. The Balaban J connectivity index is 3.69. The monoisotopic (exact) mass is 259 g/mol. The second kappa shape index (κ2) is 8.45. The van der Waals surface area contributed by atoms with Crippen LogP contribution in [0.3, 0.4) is 0 Å². The van der Waals surface area contributed by atoms with Crippen LogP contribution in [0, 0.1) is 0 Å². The van der Waals surface area contributed by atoms with Gasteiger partial charge in [-0.1, -0.05) is 13.8 Å². The van der Waals surface area contributed by atoms with E-state index in [2.05, 4.69) is 24.5 Å². The summed E-state index contributed by atoms with van der Waals surface area (Å²) in [6.45, 7) is 7.56. The highest BCUT2D eigenvalue weighted by atomic mass is 16.3. The number of rotatable bonds is 9. The van der Waals surface area contributed by atoms with Crippen molar-refractivity contribution in [1.82, 2.24) is 15.5 Å². The predicted molar refractivity (Wildman–Crippen MR) is 74.6 cm³/mol. The molecule has 0 radical (unpaired) electrons. The molecule has 5 nitrogen and oxygen atoms in total. The fraction of sp³-hybridized carbons (Fsp3) is 0.923. The highest BCUT2D eigenvalue weighted by Crippen LogP contribution is 2.02. The molecule has 0 aliphatic rings. The van der Waals surface area contributed by atoms with Crippen LogP contribution in [0.4, 0.5) is 0 Å². The third-order valence-electron chi connectivity index (χ3n) is 2.46. The normalized spacial score (nSPS) is 14.9. The molecule has 0 aromatic heterocycles. The number of hydrogen-bond donors (Lipinski definition) is 3. The molecule has 0 aromatic carbocycles. The van der Waals surface area contributed by atoms with Crippen LogP contribution in [0.5, 0.6) is 0 Å². The van der Waals surface area contributed by atoms with Crippen molar-refractivity contribution < 1.29 is 9.90 Å². The van der Waals surface area contributed by atoms with E-state index >= 15 is 0 Å². The van der Waals surface area contributed by atoms with Gasteiger partial charge in [0.15, 0.2) is 0 Å². The number of hydrogen-bond acceptors (Lipinski definition) is 4. The van der Waals surface area contributed by atoms with Crippen molar-refractivity contribution in [1.29, 1.82) is 0 Å². The van der Waals surface area contributed by atoms with Crippen LogP contribution < -0.4 is 10.6 Å². The Labute approximate surface area is 111 Å². The number of carbonyl (C=O) groups excluding carboxylic acids is 1. The lowest BCUT2D eigenvalue weighted by molar-refractivity contribution is -0.122. The minimum atomic E-state index is -0.880. The number of nitrogens with zero attached hydrogens (tertiary/aromatic N) is 1. The summed E-state index contributed by atoms with van der Waals surface area (Å²) in [6.07, 6.45) is 1.32. The molecule has 0 saturated carbocycles. The van der Waals surface area contributed by atoms with Crippen molar-refractivity contribution in [2.45, 2.75) is 45.3 Å². The molecule has 3 N–H and O–H groups in total. The first-order valence-corrected chi connectivity index (χ1v) is 6.60. The lowest BCUT2D eigenvalue weighted by Crippen LogP contribution is -2.47. The van der Waals surface area contributed by atoms with E-state index in [9.17, 15) is 9.90 Å². The molecule has 108 valence electrons. The number of nitrogens with one attached hydrogen (secondary N) is 2.